The molecule has 142 valence electrons. The second kappa shape index (κ2) is 6.90. The highest BCUT2D eigenvalue weighted by Crippen LogP contribution is 2.53. The normalized spacial score (nSPS) is 28.8. The van der Waals surface area contributed by atoms with E-state index in [2.05, 4.69) is 0 Å². The lowest BCUT2D eigenvalue weighted by Gasteiger charge is -2.46. The molecule has 0 saturated heterocycles. The van der Waals surface area contributed by atoms with Crippen LogP contribution in [-0.4, -0.2) is 34.9 Å². The van der Waals surface area contributed by atoms with Gasteiger partial charge in [0.25, 0.3) is 0 Å². The van der Waals surface area contributed by atoms with E-state index in [0.717, 1.165) is 19.1 Å². The van der Waals surface area contributed by atoms with E-state index in [4.69, 9.17) is 11.6 Å². The summed E-state index contributed by atoms with van der Waals surface area (Å²) in [6.45, 7) is 1.04. The van der Waals surface area contributed by atoms with E-state index in [-0.39, 0.29) is 10.6 Å². The Labute approximate surface area is 151 Å². The molecule has 3 unspecified atom stereocenters. The first-order valence-electron chi connectivity index (χ1n) is 7.69. The van der Waals surface area contributed by atoms with Crippen molar-refractivity contribution >= 4 is 29.8 Å². The monoisotopic (exact) mass is 392 g/mol. The number of hydrogen-bond acceptors (Lipinski definition) is 3. The molecule has 1 aromatic rings. The predicted octanol–water partition coefficient (Wildman–Crippen LogP) is 3.77. The zero-order valence-corrected chi connectivity index (χ0v) is 14.4. The van der Waals surface area contributed by atoms with Crippen LogP contribution in [-0.2, 0) is 15.0 Å². The van der Waals surface area contributed by atoms with Crippen LogP contribution < -0.4 is 0 Å². The number of carboxylic acids is 2. The zero-order valence-electron chi connectivity index (χ0n) is 13.6. The molecule has 0 amide bonds. The summed E-state index contributed by atoms with van der Waals surface area (Å²) in [7, 11) is 0. The number of carboxylic acid groups (broad SMARTS) is 2. The van der Waals surface area contributed by atoms with Gasteiger partial charge in [0.15, 0.2) is 6.29 Å². The number of carbonyl (C=O) groups is 3. The first-order valence-corrected chi connectivity index (χ1v) is 8.07. The number of hydrogen-bond donors (Lipinski definition) is 2. The fourth-order valence-corrected chi connectivity index (χ4v) is 3.95. The van der Waals surface area contributed by atoms with Crippen molar-refractivity contribution < 1.29 is 37.8 Å². The predicted molar refractivity (Wildman–Crippen MR) is 85.2 cm³/mol. The van der Waals surface area contributed by atoms with Crippen LogP contribution in [0.2, 0.25) is 5.02 Å². The lowest BCUT2D eigenvalue weighted by Crippen LogP contribution is -2.53. The van der Waals surface area contributed by atoms with Crippen LogP contribution in [0.4, 0.5) is 13.2 Å². The maximum atomic E-state index is 14.5. The van der Waals surface area contributed by atoms with E-state index >= 15 is 0 Å². The third-order valence-corrected chi connectivity index (χ3v) is 5.63. The van der Waals surface area contributed by atoms with Crippen LogP contribution >= 0.6 is 11.6 Å². The third-order valence-electron chi connectivity index (χ3n) is 5.30. The largest absolute Gasteiger partial charge is 0.481 e. The Balaban J connectivity index is 2.68. The second-order valence-electron chi connectivity index (χ2n) is 6.74. The van der Waals surface area contributed by atoms with Crippen molar-refractivity contribution in [2.45, 2.75) is 38.0 Å². The summed E-state index contributed by atoms with van der Waals surface area (Å²) < 4.78 is 41.2. The van der Waals surface area contributed by atoms with Gasteiger partial charge in [0.05, 0.1) is 15.9 Å². The number of rotatable bonds is 5. The van der Waals surface area contributed by atoms with Crippen molar-refractivity contribution in [3.8, 4) is 0 Å². The van der Waals surface area contributed by atoms with Gasteiger partial charge >= 0.3 is 11.9 Å². The molecule has 26 heavy (non-hydrogen) atoms. The molecule has 1 fully saturated rings. The molecule has 0 radical (unpaired) electrons. The summed E-state index contributed by atoms with van der Waals surface area (Å²) in [5, 5.41) is 19.0. The van der Waals surface area contributed by atoms with Gasteiger partial charge in [-0.1, -0.05) is 11.6 Å². The summed E-state index contributed by atoms with van der Waals surface area (Å²) in [6.07, 6.45) is -4.22. The minimum Gasteiger partial charge on any atom is -0.481 e. The quantitative estimate of drug-likeness (QED) is 0.744. The van der Waals surface area contributed by atoms with Gasteiger partial charge in [0.2, 0.25) is 6.43 Å². The maximum Gasteiger partial charge on any atom is 0.314 e. The van der Waals surface area contributed by atoms with E-state index in [9.17, 15) is 37.8 Å². The number of aldehydes is 1. The summed E-state index contributed by atoms with van der Waals surface area (Å²) in [6, 6.07) is 1.71. The van der Waals surface area contributed by atoms with Crippen molar-refractivity contribution in [3.63, 3.8) is 0 Å². The number of aliphatic carboxylic acids is 2. The minimum absolute atomic E-state index is 0.170. The standard InChI is InChI=1S/C17H16ClF3O5/c1-16(14(23)24)7-17(15(25)26,3-2-9(16)13(20)21)10-4-8(6-22)11(18)5-12(10)19/h4-6,9,13H,2-3,7H2,1H3,(H,23,24)(H,25,26). The molecule has 1 aliphatic carbocycles. The lowest BCUT2D eigenvalue weighted by atomic mass is 9.55. The van der Waals surface area contributed by atoms with Crippen molar-refractivity contribution in [2.75, 3.05) is 0 Å². The van der Waals surface area contributed by atoms with Gasteiger partial charge in [-0.05, 0) is 38.3 Å². The number of benzene rings is 1. The summed E-state index contributed by atoms with van der Waals surface area (Å²) in [5.74, 6) is -5.74. The lowest BCUT2D eigenvalue weighted by molar-refractivity contribution is -0.167. The van der Waals surface area contributed by atoms with Gasteiger partial charge in [-0.25, -0.2) is 13.2 Å². The van der Waals surface area contributed by atoms with Gasteiger partial charge in [0.1, 0.15) is 5.82 Å². The molecule has 9 heteroatoms. The summed E-state index contributed by atoms with van der Waals surface area (Å²) in [4.78, 5) is 34.8. The van der Waals surface area contributed by atoms with Crippen LogP contribution in [0.15, 0.2) is 12.1 Å². The fraction of sp³-hybridized carbons (Fsp3) is 0.471. The first kappa shape index (κ1) is 20.2. The van der Waals surface area contributed by atoms with Crippen molar-refractivity contribution in [1.29, 1.82) is 0 Å². The van der Waals surface area contributed by atoms with Crippen LogP contribution in [0.1, 0.15) is 42.1 Å². The van der Waals surface area contributed by atoms with E-state index < -0.39 is 65.8 Å². The number of alkyl halides is 2. The number of halogens is 4. The Morgan fingerprint density at radius 1 is 1.31 bits per heavy atom. The third kappa shape index (κ3) is 3.06. The highest BCUT2D eigenvalue weighted by Gasteiger charge is 2.59. The molecule has 2 rings (SSSR count). The molecule has 1 aliphatic rings. The van der Waals surface area contributed by atoms with E-state index in [0.29, 0.717) is 6.29 Å². The van der Waals surface area contributed by atoms with E-state index in [1.54, 1.807) is 0 Å². The smallest absolute Gasteiger partial charge is 0.314 e. The van der Waals surface area contributed by atoms with Gasteiger partial charge < -0.3 is 10.2 Å². The fourth-order valence-electron chi connectivity index (χ4n) is 3.76. The Morgan fingerprint density at radius 2 is 1.92 bits per heavy atom. The molecule has 0 aliphatic heterocycles. The first-order chi connectivity index (χ1) is 12.0. The molecule has 5 nitrogen and oxygen atoms in total. The number of carbonyl (C=O) groups excluding carboxylic acids is 1. The van der Waals surface area contributed by atoms with Crippen LogP contribution in [0.5, 0.6) is 0 Å². The molecule has 1 saturated carbocycles. The molecule has 0 aromatic heterocycles. The van der Waals surface area contributed by atoms with Crippen LogP contribution in [0.3, 0.4) is 0 Å². The van der Waals surface area contributed by atoms with Crippen molar-refractivity contribution in [2.24, 2.45) is 11.3 Å². The zero-order chi connectivity index (χ0) is 19.9. The average molecular weight is 393 g/mol. The summed E-state index contributed by atoms with van der Waals surface area (Å²) >= 11 is 5.72. The molecule has 1 aromatic carbocycles. The van der Waals surface area contributed by atoms with Gasteiger partial charge in [-0.2, -0.15) is 0 Å². The molecule has 0 heterocycles. The van der Waals surface area contributed by atoms with Crippen molar-refractivity contribution in [3.05, 3.63) is 34.1 Å². The highest BCUT2D eigenvalue weighted by atomic mass is 35.5. The van der Waals surface area contributed by atoms with Crippen molar-refractivity contribution in [1.82, 2.24) is 0 Å². The van der Waals surface area contributed by atoms with E-state index in [1.807, 2.05) is 0 Å². The van der Waals surface area contributed by atoms with Gasteiger partial charge in [-0.15, -0.1) is 0 Å². The Morgan fingerprint density at radius 3 is 2.38 bits per heavy atom. The molecule has 3 atom stereocenters. The molecule has 0 spiro atoms. The Kier molecular flexibility index (Phi) is 5.37. The van der Waals surface area contributed by atoms with E-state index in [1.165, 1.54) is 0 Å². The maximum absolute atomic E-state index is 14.5. The molecule has 0 bridgehead atoms. The van der Waals surface area contributed by atoms with Crippen LogP contribution in [0, 0.1) is 17.2 Å². The van der Waals surface area contributed by atoms with Crippen LogP contribution in [0.25, 0.3) is 0 Å². The average Bonchev–Trinajstić information content (AvgIpc) is 2.54. The topological polar surface area (TPSA) is 91.7 Å². The molecule has 2 N–H and O–H groups in total. The molecular formula is C17H16ClF3O5. The SMILES string of the molecule is CC1(C(=O)O)CC(C(=O)O)(c2cc(C=O)c(Cl)cc2F)CCC1C(F)F. The Hall–Kier alpha value is -2.09. The minimum atomic E-state index is -2.97. The molecular weight excluding hydrogens is 377 g/mol. The van der Waals surface area contributed by atoms with Gasteiger partial charge in [0, 0.05) is 17.0 Å². The summed E-state index contributed by atoms with van der Waals surface area (Å²) in [5.41, 5.74) is -4.75. The van der Waals surface area contributed by atoms with Gasteiger partial charge in [-0.3, -0.25) is 14.4 Å². The Bertz CT molecular complexity index is 769. The highest BCUT2D eigenvalue weighted by molar-refractivity contribution is 6.33. The second-order valence-corrected chi connectivity index (χ2v) is 7.14.